The summed E-state index contributed by atoms with van der Waals surface area (Å²) in [6.45, 7) is 2.65. The molecule has 28 heavy (non-hydrogen) atoms. The van der Waals surface area contributed by atoms with Gasteiger partial charge in [-0.05, 0) is 37.3 Å². The highest BCUT2D eigenvalue weighted by Gasteiger charge is 2.11. The van der Waals surface area contributed by atoms with Crippen LogP contribution in [0, 0.1) is 0 Å². The summed E-state index contributed by atoms with van der Waals surface area (Å²) in [7, 11) is 0. The van der Waals surface area contributed by atoms with Crippen molar-refractivity contribution in [1.29, 1.82) is 0 Å². The molecule has 0 bridgehead atoms. The third kappa shape index (κ3) is 3.70. The Bertz CT molecular complexity index is 1220. The molecular formula is C19H17N5O3S. The molecule has 9 heteroatoms. The van der Waals surface area contributed by atoms with E-state index in [9.17, 15) is 9.59 Å². The summed E-state index contributed by atoms with van der Waals surface area (Å²) < 4.78 is 7.61. The highest BCUT2D eigenvalue weighted by Crippen LogP contribution is 2.29. The molecule has 0 spiro atoms. The SMILES string of the molecule is CCOc1ccc2nc(NC(=O)CCn3nnc4ccccc4c3=O)sc2c1. The van der Waals surface area contributed by atoms with Crippen molar-refractivity contribution in [3.05, 3.63) is 52.8 Å². The van der Waals surface area contributed by atoms with Gasteiger partial charge in [0.15, 0.2) is 5.13 Å². The summed E-state index contributed by atoms with van der Waals surface area (Å²) >= 11 is 1.37. The Morgan fingerprint density at radius 2 is 2.07 bits per heavy atom. The second-order valence-electron chi connectivity index (χ2n) is 6.01. The summed E-state index contributed by atoms with van der Waals surface area (Å²) in [5.41, 5.74) is 1.07. The molecule has 0 saturated carbocycles. The van der Waals surface area contributed by atoms with E-state index < -0.39 is 0 Å². The first-order valence-corrected chi connectivity index (χ1v) is 9.61. The van der Waals surface area contributed by atoms with E-state index in [1.807, 2.05) is 25.1 Å². The van der Waals surface area contributed by atoms with Crippen molar-refractivity contribution in [1.82, 2.24) is 20.0 Å². The van der Waals surface area contributed by atoms with E-state index in [1.54, 1.807) is 24.3 Å². The van der Waals surface area contributed by atoms with E-state index in [2.05, 4.69) is 20.6 Å². The van der Waals surface area contributed by atoms with Crippen LogP contribution in [0.1, 0.15) is 13.3 Å². The molecule has 0 fully saturated rings. The van der Waals surface area contributed by atoms with Crippen molar-refractivity contribution in [2.75, 3.05) is 11.9 Å². The predicted molar refractivity (Wildman–Crippen MR) is 108 cm³/mol. The summed E-state index contributed by atoms with van der Waals surface area (Å²) in [5, 5.41) is 11.7. The molecule has 2 heterocycles. The lowest BCUT2D eigenvalue weighted by molar-refractivity contribution is -0.116. The smallest absolute Gasteiger partial charge is 0.277 e. The topological polar surface area (TPSA) is 99.0 Å². The first kappa shape index (κ1) is 18.1. The molecule has 0 saturated heterocycles. The lowest BCUT2D eigenvalue weighted by atomic mass is 10.2. The Hall–Kier alpha value is -3.33. The third-order valence-electron chi connectivity index (χ3n) is 4.10. The number of fused-ring (bicyclic) bond motifs is 2. The minimum absolute atomic E-state index is 0.0903. The maximum absolute atomic E-state index is 12.4. The van der Waals surface area contributed by atoms with Crippen LogP contribution >= 0.6 is 11.3 Å². The molecule has 142 valence electrons. The van der Waals surface area contributed by atoms with Crippen LogP contribution in [-0.2, 0) is 11.3 Å². The van der Waals surface area contributed by atoms with Crippen molar-refractivity contribution in [3.8, 4) is 5.75 Å². The van der Waals surface area contributed by atoms with Crippen LogP contribution in [0.5, 0.6) is 5.75 Å². The van der Waals surface area contributed by atoms with E-state index in [0.29, 0.717) is 22.6 Å². The normalized spacial score (nSPS) is 11.0. The van der Waals surface area contributed by atoms with Crippen molar-refractivity contribution >= 4 is 43.5 Å². The minimum atomic E-state index is -0.262. The number of hydrogen-bond acceptors (Lipinski definition) is 7. The molecule has 1 amide bonds. The van der Waals surface area contributed by atoms with E-state index in [1.165, 1.54) is 16.0 Å². The van der Waals surface area contributed by atoms with Crippen LogP contribution in [0.15, 0.2) is 47.3 Å². The van der Waals surface area contributed by atoms with Crippen LogP contribution in [0.4, 0.5) is 5.13 Å². The van der Waals surface area contributed by atoms with Gasteiger partial charge in [0.2, 0.25) is 5.91 Å². The lowest BCUT2D eigenvalue weighted by Crippen LogP contribution is -2.26. The fraction of sp³-hybridized carbons (Fsp3) is 0.211. The van der Waals surface area contributed by atoms with Gasteiger partial charge in [-0.3, -0.25) is 9.59 Å². The second-order valence-corrected chi connectivity index (χ2v) is 7.05. The van der Waals surface area contributed by atoms with Crippen LogP contribution in [0.25, 0.3) is 21.1 Å². The van der Waals surface area contributed by atoms with Gasteiger partial charge in [-0.2, -0.15) is 0 Å². The van der Waals surface area contributed by atoms with Gasteiger partial charge in [-0.1, -0.05) is 28.7 Å². The summed E-state index contributed by atoms with van der Waals surface area (Å²) in [5.74, 6) is 0.525. The molecule has 0 aliphatic carbocycles. The largest absolute Gasteiger partial charge is 0.494 e. The summed E-state index contributed by atoms with van der Waals surface area (Å²) in [4.78, 5) is 29.1. The standard InChI is InChI=1S/C19H17N5O3S/c1-2-27-12-7-8-15-16(11-12)28-19(20-15)21-17(25)9-10-24-18(26)13-5-3-4-6-14(13)22-23-24/h3-8,11H,2,9-10H2,1H3,(H,20,21,25). The van der Waals surface area contributed by atoms with Crippen molar-refractivity contribution in [2.45, 2.75) is 19.9 Å². The molecule has 2 aromatic heterocycles. The molecule has 8 nitrogen and oxygen atoms in total. The summed E-state index contributed by atoms with van der Waals surface area (Å²) in [6, 6.07) is 12.6. The molecule has 0 atom stereocenters. The molecule has 1 N–H and O–H groups in total. The fourth-order valence-corrected chi connectivity index (χ4v) is 3.68. The highest BCUT2D eigenvalue weighted by atomic mass is 32.1. The Kier molecular flexibility index (Phi) is 4.98. The highest BCUT2D eigenvalue weighted by molar-refractivity contribution is 7.22. The zero-order valence-corrected chi connectivity index (χ0v) is 15.9. The number of anilines is 1. The number of nitrogens with zero attached hydrogens (tertiary/aromatic N) is 4. The summed E-state index contributed by atoms with van der Waals surface area (Å²) in [6.07, 6.45) is 0.0903. The number of thiazole rings is 1. The van der Waals surface area contributed by atoms with Gasteiger partial charge in [0.1, 0.15) is 11.3 Å². The first-order valence-electron chi connectivity index (χ1n) is 8.80. The minimum Gasteiger partial charge on any atom is -0.494 e. The molecule has 4 rings (SSSR count). The van der Waals surface area contributed by atoms with E-state index in [4.69, 9.17) is 4.74 Å². The molecule has 0 aliphatic rings. The van der Waals surface area contributed by atoms with Crippen molar-refractivity contribution < 1.29 is 9.53 Å². The number of ether oxygens (including phenoxy) is 1. The third-order valence-corrected chi connectivity index (χ3v) is 5.03. The number of hydrogen-bond donors (Lipinski definition) is 1. The monoisotopic (exact) mass is 395 g/mol. The predicted octanol–water partition coefficient (Wildman–Crippen LogP) is 2.83. The molecule has 0 aliphatic heterocycles. The van der Waals surface area contributed by atoms with Crippen molar-refractivity contribution in [3.63, 3.8) is 0 Å². The number of amides is 1. The van der Waals surface area contributed by atoms with Gasteiger partial charge in [0, 0.05) is 6.42 Å². The van der Waals surface area contributed by atoms with E-state index in [-0.39, 0.29) is 24.4 Å². The molecule has 0 unspecified atom stereocenters. The molecular weight excluding hydrogens is 378 g/mol. The maximum Gasteiger partial charge on any atom is 0.277 e. The lowest BCUT2D eigenvalue weighted by Gasteiger charge is -2.04. The molecule has 2 aromatic carbocycles. The van der Waals surface area contributed by atoms with Crippen LogP contribution in [0.3, 0.4) is 0 Å². The van der Waals surface area contributed by atoms with Gasteiger partial charge >= 0.3 is 0 Å². The Balaban J connectivity index is 1.44. The zero-order valence-electron chi connectivity index (χ0n) is 15.1. The van der Waals surface area contributed by atoms with Gasteiger partial charge in [0.05, 0.1) is 28.8 Å². The Labute approximate surface area is 163 Å². The number of benzene rings is 2. The number of nitrogens with one attached hydrogen (secondary N) is 1. The number of carbonyl (C=O) groups is 1. The van der Waals surface area contributed by atoms with Gasteiger partial charge in [-0.15, -0.1) is 5.10 Å². The Morgan fingerprint density at radius 3 is 2.93 bits per heavy atom. The fourth-order valence-electron chi connectivity index (χ4n) is 2.77. The van der Waals surface area contributed by atoms with Gasteiger partial charge < -0.3 is 10.1 Å². The van der Waals surface area contributed by atoms with E-state index >= 15 is 0 Å². The Morgan fingerprint density at radius 1 is 1.21 bits per heavy atom. The maximum atomic E-state index is 12.4. The molecule has 4 aromatic rings. The van der Waals surface area contributed by atoms with Crippen LogP contribution < -0.4 is 15.6 Å². The van der Waals surface area contributed by atoms with Crippen LogP contribution in [0.2, 0.25) is 0 Å². The first-order chi connectivity index (χ1) is 13.6. The quantitative estimate of drug-likeness (QED) is 0.539. The molecule has 0 radical (unpaired) electrons. The van der Waals surface area contributed by atoms with E-state index in [0.717, 1.165) is 16.0 Å². The number of aromatic nitrogens is 4. The van der Waals surface area contributed by atoms with Crippen molar-refractivity contribution in [2.24, 2.45) is 0 Å². The van der Waals surface area contributed by atoms with Crippen LogP contribution in [-0.4, -0.2) is 32.5 Å². The average molecular weight is 395 g/mol. The number of aryl methyl sites for hydroxylation is 1. The number of rotatable bonds is 6. The number of carbonyl (C=O) groups excluding carboxylic acids is 1. The second kappa shape index (κ2) is 7.73. The van der Waals surface area contributed by atoms with Gasteiger partial charge in [0.25, 0.3) is 5.56 Å². The average Bonchev–Trinajstić information content (AvgIpc) is 3.09. The van der Waals surface area contributed by atoms with Gasteiger partial charge in [-0.25, -0.2) is 9.67 Å². The zero-order chi connectivity index (χ0) is 19.5.